The first-order chi connectivity index (χ1) is 16.0. The molecule has 2 N–H and O–H groups in total. The molecule has 1 aliphatic rings. The van der Waals surface area contributed by atoms with Gasteiger partial charge in [-0.1, -0.05) is 35.6 Å². The fourth-order valence-corrected chi connectivity index (χ4v) is 3.52. The number of aromatic hydroxyl groups is 1. The van der Waals surface area contributed by atoms with Gasteiger partial charge in [-0.05, 0) is 49.1 Å². The molecule has 170 valence electrons. The van der Waals surface area contributed by atoms with Crippen LogP contribution in [0.2, 0.25) is 5.02 Å². The number of hydrogen-bond donors (Lipinski definition) is 2. The quantitative estimate of drug-likeness (QED) is 0.559. The number of hydrogen-bond acceptors (Lipinski definition) is 6. The van der Waals surface area contributed by atoms with E-state index in [9.17, 15) is 14.7 Å². The van der Waals surface area contributed by atoms with E-state index < -0.39 is 22.9 Å². The summed E-state index contributed by atoms with van der Waals surface area (Å²) in [6.45, 7) is 1.06. The summed E-state index contributed by atoms with van der Waals surface area (Å²) >= 11 is 5.86. The molecule has 0 bridgehead atoms. The Morgan fingerprint density at radius 3 is 2.85 bits per heavy atom. The van der Waals surface area contributed by atoms with E-state index >= 15 is 0 Å². The number of nitrogens with zero attached hydrogens (tertiary/aromatic N) is 2. The smallest absolute Gasteiger partial charge is 0.290 e. The molecule has 0 spiro atoms. The van der Waals surface area contributed by atoms with Crippen LogP contribution in [0.5, 0.6) is 5.88 Å². The van der Waals surface area contributed by atoms with Crippen molar-refractivity contribution in [1.82, 2.24) is 14.7 Å². The average Bonchev–Trinajstić information content (AvgIpc) is 2.82. The van der Waals surface area contributed by atoms with Gasteiger partial charge in [-0.15, -0.1) is 0 Å². The Hall–Kier alpha value is -3.38. The molecule has 3 aromatic rings. The number of carbonyl (C=O) groups excluding carboxylic acids is 1. The zero-order chi connectivity index (χ0) is 23.2. The second kappa shape index (κ2) is 10.5. The van der Waals surface area contributed by atoms with Crippen LogP contribution >= 0.6 is 11.6 Å². The molecule has 0 aliphatic carbocycles. The second-order valence-corrected chi connectivity index (χ2v) is 7.92. The summed E-state index contributed by atoms with van der Waals surface area (Å²) in [5, 5.41) is 13.8. The SMILES string of the molecule is O=C(NCc1ccc(Cl)cc1)c1c(O)n2cc(C#CCOC3CCCCO3)ccc2nc1=O. The first-order valence-corrected chi connectivity index (χ1v) is 10.9. The monoisotopic (exact) mass is 467 g/mol. The van der Waals surface area contributed by atoms with Gasteiger partial charge in [-0.25, -0.2) is 0 Å². The Labute approximate surface area is 195 Å². The van der Waals surface area contributed by atoms with E-state index in [0.29, 0.717) is 17.2 Å². The fraction of sp³-hybridized carbons (Fsp3) is 0.292. The molecule has 1 atom stereocenters. The standard InChI is InChI=1S/C24H22ClN3O5/c25-18-9-6-16(7-10-18)14-26-22(29)21-23(30)27-19-11-8-17(15-28(19)24(21)31)4-3-13-33-20-5-1-2-12-32-20/h6-11,15,20,31H,1-2,5,12-14H2,(H,26,29). The lowest BCUT2D eigenvalue weighted by atomic mass is 10.2. The average molecular weight is 468 g/mol. The molecule has 0 radical (unpaired) electrons. The van der Waals surface area contributed by atoms with Crippen LogP contribution in [0.15, 0.2) is 47.4 Å². The van der Waals surface area contributed by atoms with E-state index in [1.807, 2.05) is 0 Å². The molecule has 2 aromatic heterocycles. The summed E-state index contributed by atoms with van der Waals surface area (Å²) < 4.78 is 12.3. The van der Waals surface area contributed by atoms with Crippen molar-refractivity contribution in [3.63, 3.8) is 0 Å². The zero-order valence-corrected chi connectivity index (χ0v) is 18.5. The molecule has 1 amide bonds. The van der Waals surface area contributed by atoms with Crippen LogP contribution in [-0.4, -0.2) is 39.9 Å². The molecular weight excluding hydrogens is 446 g/mol. The number of amides is 1. The number of rotatable bonds is 5. The summed E-state index contributed by atoms with van der Waals surface area (Å²) in [5.41, 5.74) is 0.290. The van der Waals surface area contributed by atoms with E-state index in [0.717, 1.165) is 24.8 Å². The third kappa shape index (κ3) is 5.71. The Morgan fingerprint density at radius 2 is 2.09 bits per heavy atom. The van der Waals surface area contributed by atoms with Gasteiger partial charge in [0, 0.05) is 29.9 Å². The van der Waals surface area contributed by atoms with E-state index in [2.05, 4.69) is 22.1 Å². The van der Waals surface area contributed by atoms with Gasteiger partial charge < -0.3 is 19.9 Å². The van der Waals surface area contributed by atoms with Gasteiger partial charge in [0.2, 0.25) is 5.88 Å². The van der Waals surface area contributed by atoms with Gasteiger partial charge in [-0.2, -0.15) is 4.98 Å². The van der Waals surface area contributed by atoms with Crippen molar-refractivity contribution in [2.45, 2.75) is 32.1 Å². The normalized spacial score (nSPS) is 15.6. The summed E-state index contributed by atoms with van der Waals surface area (Å²) in [4.78, 5) is 28.9. The van der Waals surface area contributed by atoms with Crippen LogP contribution in [0, 0.1) is 11.8 Å². The van der Waals surface area contributed by atoms with Crippen LogP contribution < -0.4 is 10.9 Å². The maximum atomic E-state index is 12.6. The molecular formula is C24H22ClN3O5. The topological polar surface area (TPSA) is 102 Å². The van der Waals surface area contributed by atoms with E-state index in [1.165, 1.54) is 10.6 Å². The van der Waals surface area contributed by atoms with Gasteiger partial charge in [0.05, 0.1) is 0 Å². The Balaban J connectivity index is 1.49. The highest BCUT2D eigenvalue weighted by molar-refractivity contribution is 6.30. The molecule has 9 heteroatoms. The van der Waals surface area contributed by atoms with Crippen molar-refractivity contribution in [3.8, 4) is 17.7 Å². The number of aromatic nitrogens is 2. The van der Waals surface area contributed by atoms with Crippen molar-refractivity contribution < 1.29 is 19.4 Å². The molecule has 1 unspecified atom stereocenters. The lowest BCUT2D eigenvalue weighted by molar-refractivity contribution is -0.154. The summed E-state index contributed by atoms with van der Waals surface area (Å²) in [6.07, 6.45) is 4.26. The van der Waals surface area contributed by atoms with Crippen LogP contribution in [0.1, 0.15) is 40.7 Å². The minimum Gasteiger partial charge on any atom is -0.493 e. The van der Waals surface area contributed by atoms with Crippen molar-refractivity contribution in [2.24, 2.45) is 0 Å². The third-order valence-electron chi connectivity index (χ3n) is 5.11. The van der Waals surface area contributed by atoms with Gasteiger partial charge in [0.15, 0.2) is 11.9 Å². The number of benzene rings is 1. The van der Waals surface area contributed by atoms with E-state index in [-0.39, 0.29) is 25.1 Å². The van der Waals surface area contributed by atoms with Crippen molar-refractivity contribution >= 4 is 23.2 Å². The van der Waals surface area contributed by atoms with Gasteiger partial charge >= 0.3 is 0 Å². The van der Waals surface area contributed by atoms with Crippen LogP contribution in [0.3, 0.4) is 0 Å². The maximum Gasteiger partial charge on any atom is 0.290 e. The Kier molecular flexibility index (Phi) is 7.25. The number of pyridine rings is 1. The first-order valence-electron chi connectivity index (χ1n) is 10.5. The Morgan fingerprint density at radius 1 is 1.27 bits per heavy atom. The van der Waals surface area contributed by atoms with Crippen molar-refractivity contribution in [2.75, 3.05) is 13.2 Å². The molecule has 0 saturated carbocycles. The molecule has 33 heavy (non-hydrogen) atoms. The highest BCUT2D eigenvalue weighted by Gasteiger charge is 2.20. The number of nitrogens with one attached hydrogen (secondary N) is 1. The largest absolute Gasteiger partial charge is 0.493 e. The number of fused-ring (bicyclic) bond motifs is 1. The minimum absolute atomic E-state index is 0.161. The lowest BCUT2D eigenvalue weighted by Gasteiger charge is -2.21. The Bertz CT molecular complexity index is 1270. The maximum absolute atomic E-state index is 12.6. The predicted molar refractivity (Wildman–Crippen MR) is 122 cm³/mol. The molecule has 1 saturated heterocycles. The fourth-order valence-electron chi connectivity index (χ4n) is 3.39. The second-order valence-electron chi connectivity index (χ2n) is 7.48. The summed E-state index contributed by atoms with van der Waals surface area (Å²) in [7, 11) is 0. The van der Waals surface area contributed by atoms with E-state index in [1.54, 1.807) is 36.4 Å². The van der Waals surface area contributed by atoms with Crippen LogP contribution in [-0.2, 0) is 16.0 Å². The molecule has 1 aromatic carbocycles. The highest BCUT2D eigenvalue weighted by atomic mass is 35.5. The van der Waals surface area contributed by atoms with Crippen molar-refractivity contribution in [1.29, 1.82) is 0 Å². The van der Waals surface area contributed by atoms with Gasteiger partial charge in [0.1, 0.15) is 12.3 Å². The van der Waals surface area contributed by atoms with Gasteiger partial charge in [-0.3, -0.25) is 14.0 Å². The molecule has 3 heterocycles. The summed E-state index contributed by atoms with van der Waals surface area (Å²) in [5.74, 6) is 4.61. The summed E-state index contributed by atoms with van der Waals surface area (Å²) in [6, 6.07) is 10.1. The van der Waals surface area contributed by atoms with E-state index in [4.69, 9.17) is 21.1 Å². The lowest BCUT2D eigenvalue weighted by Crippen LogP contribution is -2.30. The first kappa shape index (κ1) is 22.8. The van der Waals surface area contributed by atoms with Crippen LogP contribution in [0.4, 0.5) is 0 Å². The van der Waals surface area contributed by atoms with Crippen molar-refractivity contribution in [3.05, 3.63) is 74.7 Å². The molecule has 1 aliphatic heterocycles. The van der Waals surface area contributed by atoms with Gasteiger partial charge in [0.25, 0.3) is 11.5 Å². The van der Waals surface area contributed by atoms with Crippen LogP contribution in [0.25, 0.3) is 5.65 Å². The minimum atomic E-state index is -0.819. The number of ether oxygens (including phenoxy) is 2. The highest BCUT2D eigenvalue weighted by Crippen LogP contribution is 2.17. The molecule has 4 rings (SSSR count). The zero-order valence-electron chi connectivity index (χ0n) is 17.7. The number of halogens is 1. The predicted octanol–water partition coefficient (Wildman–Crippen LogP) is 2.88. The number of carbonyl (C=O) groups is 1. The molecule has 1 fully saturated rings. The third-order valence-corrected chi connectivity index (χ3v) is 5.37. The molecule has 8 nitrogen and oxygen atoms in total.